The van der Waals surface area contributed by atoms with E-state index in [9.17, 15) is 9.59 Å². The first-order valence-corrected chi connectivity index (χ1v) is 7.16. The molecule has 0 atom stereocenters. The third-order valence-electron chi connectivity index (χ3n) is 2.87. The number of rotatable bonds is 6. The highest BCUT2D eigenvalue weighted by molar-refractivity contribution is 6.30. The number of benzene rings is 1. The molecule has 0 aliphatic rings. The monoisotopic (exact) mass is 335 g/mol. The molecule has 0 saturated heterocycles. The molecule has 7 heteroatoms. The molecule has 0 aliphatic carbocycles. The summed E-state index contributed by atoms with van der Waals surface area (Å²) in [5.41, 5.74) is 0.655. The number of halogens is 1. The second-order valence-corrected chi connectivity index (χ2v) is 4.95. The first kappa shape index (κ1) is 16.8. The van der Waals surface area contributed by atoms with Crippen LogP contribution in [-0.4, -0.2) is 28.6 Å². The van der Waals surface area contributed by atoms with E-state index < -0.39 is 11.9 Å². The highest BCUT2D eigenvalue weighted by Gasteiger charge is 2.17. The lowest BCUT2D eigenvalue weighted by Gasteiger charge is -2.10. The quantitative estimate of drug-likeness (QED) is 0.816. The first-order chi connectivity index (χ1) is 11.0. The summed E-state index contributed by atoms with van der Waals surface area (Å²) in [5, 5.41) is 9.74. The van der Waals surface area contributed by atoms with Gasteiger partial charge in [-0.05, 0) is 30.7 Å². The molecule has 23 heavy (non-hydrogen) atoms. The molecule has 6 nitrogen and oxygen atoms in total. The van der Waals surface area contributed by atoms with Crippen LogP contribution in [0.15, 0.2) is 36.5 Å². The normalized spacial score (nSPS) is 10.2. The minimum Gasteiger partial charge on any atom is -0.486 e. The summed E-state index contributed by atoms with van der Waals surface area (Å²) in [7, 11) is 0. The molecule has 1 heterocycles. The number of carboxylic acid groups (broad SMARTS) is 1. The molecule has 1 aromatic carbocycles. The molecule has 1 N–H and O–H groups in total. The second kappa shape index (κ2) is 7.60. The van der Waals surface area contributed by atoms with Crippen LogP contribution in [0.3, 0.4) is 0 Å². The van der Waals surface area contributed by atoms with Crippen molar-refractivity contribution in [3.05, 3.63) is 58.4 Å². The van der Waals surface area contributed by atoms with Gasteiger partial charge in [0, 0.05) is 11.2 Å². The zero-order valence-electron chi connectivity index (χ0n) is 12.3. The van der Waals surface area contributed by atoms with Crippen LogP contribution >= 0.6 is 11.6 Å². The van der Waals surface area contributed by atoms with Crippen molar-refractivity contribution in [2.24, 2.45) is 0 Å². The largest absolute Gasteiger partial charge is 0.486 e. The summed E-state index contributed by atoms with van der Waals surface area (Å²) >= 11 is 5.80. The molecule has 0 aliphatic heterocycles. The van der Waals surface area contributed by atoms with E-state index in [1.807, 2.05) is 0 Å². The van der Waals surface area contributed by atoms with Gasteiger partial charge < -0.3 is 14.6 Å². The molecule has 0 bridgehead atoms. The van der Waals surface area contributed by atoms with Crippen LogP contribution in [-0.2, 0) is 11.3 Å². The maximum absolute atomic E-state index is 11.7. The van der Waals surface area contributed by atoms with Crippen molar-refractivity contribution in [3.8, 4) is 5.75 Å². The van der Waals surface area contributed by atoms with Gasteiger partial charge in [-0.25, -0.2) is 14.6 Å². The average molecular weight is 336 g/mol. The number of carbonyl (C=O) groups is 2. The standard InChI is InChI=1S/C16H14ClNO5/c1-2-22-16(21)11-7-13(14(15(19)20)18-8-11)23-9-10-3-5-12(17)6-4-10/h3-8H,2,9H2,1H3,(H,19,20). The number of ether oxygens (including phenoxy) is 2. The van der Waals surface area contributed by atoms with Gasteiger partial charge >= 0.3 is 11.9 Å². The highest BCUT2D eigenvalue weighted by atomic mass is 35.5. The van der Waals surface area contributed by atoms with Crippen LogP contribution in [0.4, 0.5) is 0 Å². The summed E-state index contributed by atoms with van der Waals surface area (Å²) < 4.78 is 10.4. The zero-order valence-corrected chi connectivity index (χ0v) is 13.0. The number of nitrogens with zero attached hydrogens (tertiary/aromatic N) is 1. The SMILES string of the molecule is CCOC(=O)c1cnc(C(=O)O)c(OCc2ccc(Cl)cc2)c1. The van der Waals surface area contributed by atoms with Crippen molar-refractivity contribution in [1.82, 2.24) is 4.98 Å². The smallest absolute Gasteiger partial charge is 0.358 e. The van der Waals surface area contributed by atoms with E-state index >= 15 is 0 Å². The highest BCUT2D eigenvalue weighted by Crippen LogP contribution is 2.21. The van der Waals surface area contributed by atoms with E-state index in [0.717, 1.165) is 11.8 Å². The van der Waals surface area contributed by atoms with E-state index in [-0.39, 0.29) is 30.2 Å². The predicted molar refractivity (Wildman–Crippen MR) is 82.9 cm³/mol. The maximum Gasteiger partial charge on any atom is 0.358 e. The van der Waals surface area contributed by atoms with Crippen molar-refractivity contribution in [1.29, 1.82) is 0 Å². The second-order valence-electron chi connectivity index (χ2n) is 4.51. The molecule has 2 rings (SSSR count). The summed E-state index contributed by atoms with van der Waals surface area (Å²) in [6.07, 6.45) is 1.15. The maximum atomic E-state index is 11.7. The summed E-state index contributed by atoms with van der Waals surface area (Å²) in [6, 6.07) is 8.22. The number of aromatic nitrogens is 1. The summed E-state index contributed by atoms with van der Waals surface area (Å²) in [5.74, 6) is -1.84. The van der Waals surface area contributed by atoms with E-state index in [4.69, 9.17) is 26.2 Å². The van der Waals surface area contributed by atoms with Gasteiger partial charge in [-0.3, -0.25) is 0 Å². The molecule has 0 fully saturated rings. The van der Waals surface area contributed by atoms with Crippen LogP contribution in [0.2, 0.25) is 5.02 Å². The van der Waals surface area contributed by atoms with Crippen molar-refractivity contribution < 1.29 is 24.2 Å². The predicted octanol–water partition coefficient (Wildman–Crippen LogP) is 3.19. The Bertz CT molecular complexity index is 715. The third kappa shape index (κ3) is 4.43. The first-order valence-electron chi connectivity index (χ1n) is 6.79. The minimum atomic E-state index is -1.24. The van der Waals surface area contributed by atoms with Gasteiger partial charge in [0.25, 0.3) is 0 Å². The Balaban J connectivity index is 2.23. The van der Waals surface area contributed by atoms with Gasteiger partial charge in [0.15, 0.2) is 11.4 Å². The molecule has 0 radical (unpaired) electrons. The zero-order chi connectivity index (χ0) is 16.8. The Morgan fingerprint density at radius 2 is 1.96 bits per heavy atom. The number of hydrogen-bond acceptors (Lipinski definition) is 5. The van der Waals surface area contributed by atoms with E-state index in [1.165, 1.54) is 6.07 Å². The lowest BCUT2D eigenvalue weighted by atomic mass is 10.2. The number of esters is 1. The Kier molecular flexibility index (Phi) is 5.54. The molecule has 1 aromatic heterocycles. The molecule has 0 saturated carbocycles. The number of pyridine rings is 1. The summed E-state index contributed by atoms with van der Waals surface area (Å²) in [4.78, 5) is 26.7. The summed E-state index contributed by atoms with van der Waals surface area (Å²) in [6.45, 7) is 2.00. The van der Waals surface area contributed by atoms with Crippen molar-refractivity contribution >= 4 is 23.5 Å². The third-order valence-corrected chi connectivity index (χ3v) is 3.13. The van der Waals surface area contributed by atoms with Gasteiger partial charge in [-0.1, -0.05) is 23.7 Å². The Labute approximate surface area is 137 Å². The molecule has 120 valence electrons. The molecular formula is C16H14ClNO5. The Hall–Kier alpha value is -2.60. The molecule has 0 amide bonds. The average Bonchev–Trinajstić information content (AvgIpc) is 2.54. The fourth-order valence-electron chi connectivity index (χ4n) is 1.78. The topological polar surface area (TPSA) is 85.7 Å². The molecule has 0 spiro atoms. The molecule has 2 aromatic rings. The van der Waals surface area contributed by atoms with Crippen molar-refractivity contribution in [2.75, 3.05) is 6.61 Å². The Morgan fingerprint density at radius 3 is 2.57 bits per heavy atom. The van der Waals surface area contributed by atoms with E-state index in [1.54, 1.807) is 31.2 Å². The number of carbonyl (C=O) groups excluding carboxylic acids is 1. The fraction of sp³-hybridized carbons (Fsp3) is 0.188. The lowest BCUT2D eigenvalue weighted by molar-refractivity contribution is 0.0523. The fourth-order valence-corrected chi connectivity index (χ4v) is 1.91. The van der Waals surface area contributed by atoms with Gasteiger partial charge in [0.2, 0.25) is 0 Å². The number of aromatic carboxylic acids is 1. The van der Waals surface area contributed by atoms with Crippen molar-refractivity contribution in [2.45, 2.75) is 13.5 Å². The van der Waals surface area contributed by atoms with Crippen molar-refractivity contribution in [3.63, 3.8) is 0 Å². The van der Waals surface area contributed by atoms with Crippen LogP contribution < -0.4 is 4.74 Å². The van der Waals surface area contributed by atoms with Gasteiger partial charge in [-0.2, -0.15) is 0 Å². The molecule has 0 unspecified atom stereocenters. The van der Waals surface area contributed by atoms with E-state index in [0.29, 0.717) is 5.02 Å². The van der Waals surface area contributed by atoms with Gasteiger partial charge in [0.05, 0.1) is 12.2 Å². The van der Waals surface area contributed by atoms with Crippen LogP contribution in [0.1, 0.15) is 33.3 Å². The van der Waals surface area contributed by atoms with Crippen LogP contribution in [0.25, 0.3) is 0 Å². The number of hydrogen-bond donors (Lipinski definition) is 1. The van der Waals surface area contributed by atoms with Crippen LogP contribution in [0.5, 0.6) is 5.75 Å². The van der Waals surface area contributed by atoms with E-state index in [2.05, 4.69) is 4.98 Å². The minimum absolute atomic E-state index is 0.00185. The Morgan fingerprint density at radius 1 is 1.26 bits per heavy atom. The van der Waals surface area contributed by atoms with Gasteiger partial charge in [0.1, 0.15) is 6.61 Å². The van der Waals surface area contributed by atoms with Crippen LogP contribution in [0, 0.1) is 0 Å². The lowest BCUT2D eigenvalue weighted by Crippen LogP contribution is -2.10. The van der Waals surface area contributed by atoms with Gasteiger partial charge in [-0.15, -0.1) is 0 Å². The number of carboxylic acids is 1. The molecular weight excluding hydrogens is 322 g/mol.